The van der Waals surface area contributed by atoms with E-state index in [1.807, 2.05) is 6.07 Å². The summed E-state index contributed by atoms with van der Waals surface area (Å²) in [6, 6.07) is 4.07. The van der Waals surface area contributed by atoms with Crippen LogP contribution in [0.2, 0.25) is 0 Å². The van der Waals surface area contributed by atoms with Crippen molar-refractivity contribution in [2.24, 2.45) is 0 Å². The van der Waals surface area contributed by atoms with Gasteiger partial charge in [-0.05, 0) is 63.3 Å². The lowest BCUT2D eigenvalue weighted by atomic mass is 9.78. The molecular weight excluding hydrogens is 222 g/mol. The van der Waals surface area contributed by atoms with Crippen LogP contribution in [-0.2, 0) is 0 Å². The van der Waals surface area contributed by atoms with E-state index in [9.17, 15) is 4.79 Å². The zero-order chi connectivity index (χ0) is 13.5. The highest BCUT2D eigenvalue weighted by Gasteiger charge is 2.36. The fourth-order valence-electron chi connectivity index (χ4n) is 3.51. The van der Waals surface area contributed by atoms with Gasteiger partial charge in [0.2, 0.25) is 0 Å². The van der Waals surface area contributed by atoms with E-state index in [1.54, 1.807) is 0 Å². The van der Waals surface area contributed by atoms with Gasteiger partial charge in [0, 0.05) is 23.3 Å². The standard InChI is InChI=1S/C16H23NO/c1-6-17-15-11(2)7-13(10-18)8-14(15)12(3)9-16(17,4)5/h7-8,10,12H,6,9H2,1-5H3. The molecule has 1 unspecified atom stereocenters. The minimum atomic E-state index is 0.189. The molecule has 1 aromatic carbocycles. The summed E-state index contributed by atoms with van der Waals surface area (Å²) in [5, 5.41) is 0. The number of hydrogen-bond acceptors (Lipinski definition) is 2. The molecule has 1 aliphatic heterocycles. The molecule has 2 nitrogen and oxygen atoms in total. The van der Waals surface area contributed by atoms with Crippen molar-refractivity contribution in [3.05, 3.63) is 28.8 Å². The number of fused-ring (bicyclic) bond motifs is 1. The number of aldehydes is 1. The van der Waals surface area contributed by atoms with Crippen LogP contribution in [0, 0.1) is 6.92 Å². The van der Waals surface area contributed by atoms with Gasteiger partial charge < -0.3 is 4.90 Å². The molecule has 2 rings (SSSR count). The molecule has 2 heteroatoms. The molecule has 1 aromatic rings. The van der Waals surface area contributed by atoms with Gasteiger partial charge in [0.1, 0.15) is 6.29 Å². The van der Waals surface area contributed by atoms with Gasteiger partial charge in [-0.3, -0.25) is 4.79 Å². The van der Waals surface area contributed by atoms with E-state index in [-0.39, 0.29) is 5.54 Å². The van der Waals surface area contributed by atoms with Gasteiger partial charge in [0.25, 0.3) is 0 Å². The molecule has 0 bridgehead atoms. The van der Waals surface area contributed by atoms with Crippen LogP contribution >= 0.6 is 0 Å². The number of nitrogens with zero attached hydrogens (tertiary/aromatic N) is 1. The van der Waals surface area contributed by atoms with Crippen LogP contribution in [0.15, 0.2) is 12.1 Å². The number of aryl methyl sites for hydroxylation is 1. The van der Waals surface area contributed by atoms with Crippen molar-refractivity contribution in [2.45, 2.75) is 52.5 Å². The molecule has 0 fully saturated rings. The summed E-state index contributed by atoms with van der Waals surface area (Å²) in [4.78, 5) is 13.5. The summed E-state index contributed by atoms with van der Waals surface area (Å²) in [5.74, 6) is 0.511. The minimum Gasteiger partial charge on any atom is -0.366 e. The molecule has 98 valence electrons. The third-order valence-electron chi connectivity index (χ3n) is 4.14. The Morgan fingerprint density at radius 2 is 2.11 bits per heavy atom. The van der Waals surface area contributed by atoms with Crippen LogP contribution in [-0.4, -0.2) is 18.4 Å². The maximum atomic E-state index is 11.0. The van der Waals surface area contributed by atoms with Crippen LogP contribution in [0.3, 0.4) is 0 Å². The van der Waals surface area contributed by atoms with Crippen molar-refractivity contribution in [1.82, 2.24) is 0 Å². The molecule has 1 heterocycles. The van der Waals surface area contributed by atoms with Crippen molar-refractivity contribution >= 4 is 12.0 Å². The van der Waals surface area contributed by atoms with Crippen molar-refractivity contribution in [1.29, 1.82) is 0 Å². The summed E-state index contributed by atoms with van der Waals surface area (Å²) < 4.78 is 0. The smallest absolute Gasteiger partial charge is 0.150 e. The normalized spacial score (nSPS) is 21.6. The van der Waals surface area contributed by atoms with Gasteiger partial charge in [-0.2, -0.15) is 0 Å². The lowest BCUT2D eigenvalue weighted by Gasteiger charge is -2.48. The third kappa shape index (κ3) is 1.94. The fourth-order valence-corrected chi connectivity index (χ4v) is 3.51. The Balaban J connectivity index is 2.65. The maximum Gasteiger partial charge on any atom is 0.150 e. The quantitative estimate of drug-likeness (QED) is 0.736. The first-order chi connectivity index (χ1) is 8.40. The van der Waals surface area contributed by atoms with Crippen molar-refractivity contribution < 1.29 is 4.79 Å². The van der Waals surface area contributed by atoms with E-state index < -0.39 is 0 Å². The predicted octanol–water partition coefficient (Wildman–Crippen LogP) is 3.92. The average molecular weight is 245 g/mol. The monoisotopic (exact) mass is 245 g/mol. The van der Waals surface area contributed by atoms with Crippen molar-refractivity contribution in [3.8, 4) is 0 Å². The minimum absolute atomic E-state index is 0.189. The molecule has 0 aliphatic carbocycles. The molecule has 1 aliphatic rings. The second kappa shape index (κ2) is 4.42. The summed E-state index contributed by atoms with van der Waals surface area (Å²) in [7, 11) is 0. The van der Waals surface area contributed by atoms with E-state index in [2.05, 4.69) is 45.6 Å². The third-order valence-corrected chi connectivity index (χ3v) is 4.14. The Hall–Kier alpha value is -1.31. The zero-order valence-corrected chi connectivity index (χ0v) is 12.1. The number of anilines is 1. The molecule has 0 N–H and O–H groups in total. The molecule has 1 atom stereocenters. The highest BCUT2D eigenvalue weighted by molar-refractivity contribution is 5.79. The van der Waals surface area contributed by atoms with Crippen LogP contribution in [0.25, 0.3) is 0 Å². The average Bonchev–Trinajstić information content (AvgIpc) is 2.29. The first kappa shape index (κ1) is 13.1. The highest BCUT2D eigenvalue weighted by Crippen LogP contribution is 2.44. The van der Waals surface area contributed by atoms with E-state index in [0.717, 1.165) is 24.8 Å². The number of carbonyl (C=O) groups excluding carboxylic acids is 1. The van der Waals surface area contributed by atoms with Crippen LogP contribution < -0.4 is 4.90 Å². The van der Waals surface area contributed by atoms with Crippen molar-refractivity contribution in [3.63, 3.8) is 0 Å². The van der Waals surface area contributed by atoms with E-state index in [0.29, 0.717) is 5.92 Å². The van der Waals surface area contributed by atoms with Gasteiger partial charge in [0.15, 0.2) is 0 Å². The van der Waals surface area contributed by atoms with Gasteiger partial charge in [0.05, 0.1) is 0 Å². The maximum absolute atomic E-state index is 11.0. The zero-order valence-electron chi connectivity index (χ0n) is 12.1. The lowest BCUT2D eigenvalue weighted by Crippen LogP contribution is -2.48. The first-order valence-corrected chi connectivity index (χ1v) is 6.78. The number of rotatable bonds is 2. The van der Waals surface area contributed by atoms with Crippen LogP contribution in [0.5, 0.6) is 0 Å². The van der Waals surface area contributed by atoms with E-state index in [4.69, 9.17) is 0 Å². The molecule has 0 amide bonds. The van der Waals surface area contributed by atoms with Crippen LogP contribution in [0.4, 0.5) is 5.69 Å². The number of hydrogen-bond donors (Lipinski definition) is 0. The largest absolute Gasteiger partial charge is 0.366 e. The summed E-state index contributed by atoms with van der Waals surface area (Å²) in [5.41, 5.74) is 4.88. The van der Waals surface area contributed by atoms with Gasteiger partial charge in [-0.1, -0.05) is 6.92 Å². The highest BCUT2D eigenvalue weighted by atomic mass is 16.1. The van der Waals surface area contributed by atoms with E-state index in [1.165, 1.54) is 16.8 Å². The SMILES string of the molecule is CCN1c2c(C)cc(C=O)cc2C(C)CC1(C)C. The Bertz CT molecular complexity index is 476. The van der Waals surface area contributed by atoms with Gasteiger partial charge in [-0.15, -0.1) is 0 Å². The molecule has 18 heavy (non-hydrogen) atoms. The van der Waals surface area contributed by atoms with E-state index >= 15 is 0 Å². The topological polar surface area (TPSA) is 20.3 Å². The summed E-state index contributed by atoms with van der Waals surface area (Å²) in [6.45, 7) is 12.2. The Morgan fingerprint density at radius 1 is 1.44 bits per heavy atom. The van der Waals surface area contributed by atoms with Gasteiger partial charge in [-0.25, -0.2) is 0 Å². The second-order valence-electron chi connectivity index (χ2n) is 6.06. The Labute approximate surface area is 110 Å². The molecule has 0 saturated heterocycles. The predicted molar refractivity (Wildman–Crippen MR) is 76.7 cm³/mol. The first-order valence-electron chi connectivity index (χ1n) is 6.78. The number of benzene rings is 1. The fraction of sp³-hybridized carbons (Fsp3) is 0.562. The van der Waals surface area contributed by atoms with Crippen LogP contribution in [0.1, 0.15) is 61.5 Å². The lowest BCUT2D eigenvalue weighted by molar-refractivity contribution is 0.112. The summed E-state index contributed by atoms with van der Waals surface area (Å²) >= 11 is 0. The Morgan fingerprint density at radius 3 is 2.67 bits per heavy atom. The molecular formula is C16H23NO. The van der Waals surface area contributed by atoms with Gasteiger partial charge >= 0.3 is 0 Å². The molecule has 0 saturated carbocycles. The summed E-state index contributed by atoms with van der Waals surface area (Å²) in [6.07, 6.45) is 2.09. The molecule has 0 aromatic heterocycles. The second-order valence-corrected chi connectivity index (χ2v) is 6.06. The molecule has 0 spiro atoms. The van der Waals surface area contributed by atoms with Crippen molar-refractivity contribution in [2.75, 3.05) is 11.4 Å². The Kier molecular flexibility index (Phi) is 3.22. The number of carbonyl (C=O) groups is 1. The molecule has 0 radical (unpaired) electrons.